The number of carbonyl (C=O) groups excluding carboxylic acids is 1. The zero-order chi connectivity index (χ0) is 20.6. The number of anilines is 2. The molecule has 0 unspecified atom stereocenters. The third kappa shape index (κ3) is 3.21. The van der Waals surface area contributed by atoms with Gasteiger partial charge in [0.15, 0.2) is 5.71 Å². The van der Waals surface area contributed by atoms with Crippen LogP contribution in [0, 0.1) is 10.1 Å². The molecular weight excluding hydrogens is 386 g/mol. The van der Waals surface area contributed by atoms with Crippen LogP contribution in [-0.4, -0.2) is 50.4 Å². The van der Waals surface area contributed by atoms with E-state index in [4.69, 9.17) is 0 Å². The zero-order valence-electron chi connectivity index (χ0n) is 15.3. The molecule has 0 aliphatic carbocycles. The Kier molecular flexibility index (Phi) is 4.87. The van der Waals surface area contributed by atoms with E-state index in [0.29, 0.717) is 11.3 Å². The number of benzene rings is 2. The molecule has 1 heterocycles. The molecule has 1 amide bonds. The lowest BCUT2D eigenvalue weighted by molar-refractivity contribution is -0.384. The Balaban J connectivity index is 2.07. The normalized spacial score (nSPS) is 15.2. The van der Waals surface area contributed by atoms with E-state index in [0.717, 1.165) is 4.31 Å². The second-order valence-electron chi connectivity index (χ2n) is 6.18. The monoisotopic (exact) mass is 403 g/mol. The van der Waals surface area contributed by atoms with Crippen molar-refractivity contribution >= 4 is 38.7 Å². The molecule has 1 aliphatic rings. The van der Waals surface area contributed by atoms with Gasteiger partial charge in [-0.2, -0.15) is 5.10 Å². The number of nitrogens with one attached hydrogen (secondary N) is 1. The minimum atomic E-state index is -3.70. The third-order valence-electron chi connectivity index (χ3n) is 4.26. The molecular formula is C17H17N5O5S. The lowest BCUT2D eigenvalue weighted by Crippen LogP contribution is -2.26. The highest BCUT2D eigenvalue weighted by Gasteiger charge is 2.33. The van der Waals surface area contributed by atoms with Crippen LogP contribution in [0.2, 0.25) is 0 Å². The van der Waals surface area contributed by atoms with Crippen molar-refractivity contribution in [3.63, 3.8) is 0 Å². The summed E-state index contributed by atoms with van der Waals surface area (Å²) in [5, 5.41) is 15.2. The minimum Gasteiger partial charge on any atom is -0.309 e. The standard InChI is InChI=1S/C17H17N5O5S/c1-20(2)28(26,27)11-8-9-14-12(10-11)16(17(23)21(14)3)19-18-13-6-4-5-7-15(13)22(24)25/h4-10,18H,1-3H3/b19-16-. The SMILES string of the molecule is CN1C(=O)/C(=N\Nc2ccccc2[N+](=O)[O-])c2cc(S(=O)(=O)N(C)C)ccc21. The number of nitro groups is 1. The Hall–Kier alpha value is -3.31. The Morgan fingerprint density at radius 2 is 1.86 bits per heavy atom. The maximum absolute atomic E-state index is 12.6. The topological polar surface area (TPSA) is 125 Å². The van der Waals surface area contributed by atoms with Crippen LogP contribution in [0.1, 0.15) is 5.56 Å². The number of likely N-dealkylation sites (N-methyl/N-ethyl adjacent to an activating group) is 1. The van der Waals surface area contributed by atoms with Crippen LogP contribution in [-0.2, 0) is 14.8 Å². The second-order valence-corrected chi connectivity index (χ2v) is 8.33. The van der Waals surface area contributed by atoms with Gasteiger partial charge in [0.25, 0.3) is 11.6 Å². The fourth-order valence-electron chi connectivity index (χ4n) is 2.70. The van der Waals surface area contributed by atoms with E-state index in [1.165, 1.54) is 62.4 Å². The predicted octanol–water partition coefficient (Wildman–Crippen LogP) is 1.64. The Labute approximate surface area is 161 Å². The number of carbonyl (C=O) groups is 1. The Bertz CT molecular complexity index is 1110. The average molecular weight is 403 g/mol. The second kappa shape index (κ2) is 7.02. The summed E-state index contributed by atoms with van der Waals surface area (Å²) < 4.78 is 25.9. The van der Waals surface area contributed by atoms with E-state index in [1.807, 2.05) is 0 Å². The number of para-hydroxylation sites is 2. The molecule has 2 aromatic rings. The molecule has 0 radical (unpaired) electrons. The Morgan fingerprint density at radius 3 is 2.50 bits per heavy atom. The van der Waals surface area contributed by atoms with Gasteiger partial charge in [0, 0.05) is 32.8 Å². The van der Waals surface area contributed by atoms with Crippen LogP contribution in [0.25, 0.3) is 0 Å². The van der Waals surface area contributed by atoms with Crippen LogP contribution in [0.4, 0.5) is 17.1 Å². The molecule has 0 spiro atoms. The van der Waals surface area contributed by atoms with Crippen LogP contribution in [0.3, 0.4) is 0 Å². The lowest BCUT2D eigenvalue weighted by Gasteiger charge is -2.13. The molecule has 0 saturated carbocycles. The first-order valence-electron chi connectivity index (χ1n) is 8.06. The average Bonchev–Trinajstić information content (AvgIpc) is 2.90. The van der Waals surface area contributed by atoms with E-state index in [-0.39, 0.29) is 22.0 Å². The molecule has 1 aliphatic heterocycles. The third-order valence-corrected chi connectivity index (χ3v) is 6.07. The van der Waals surface area contributed by atoms with Gasteiger partial charge in [-0.05, 0) is 24.3 Å². The van der Waals surface area contributed by atoms with Gasteiger partial charge in [-0.1, -0.05) is 12.1 Å². The van der Waals surface area contributed by atoms with Crippen LogP contribution >= 0.6 is 0 Å². The first-order valence-corrected chi connectivity index (χ1v) is 9.50. The largest absolute Gasteiger partial charge is 0.309 e. The number of nitro benzene ring substituents is 1. The van der Waals surface area contributed by atoms with Crippen molar-refractivity contribution in [2.75, 3.05) is 31.5 Å². The summed E-state index contributed by atoms with van der Waals surface area (Å²) in [7, 11) is 0.649. The van der Waals surface area contributed by atoms with Crippen molar-refractivity contribution in [3.8, 4) is 0 Å². The first kappa shape index (κ1) is 19.5. The molecule has 2 aromatic carbocycles. The molecule has 0 atom stereocenters. The fraction of sp³-hybridized carbons (Fsp3) is 0.176. The number of fused-ring (bicyclic) bond motifs is 1. The minimum absolute atomic E-state index is 0.0118. The van der Waals surface area contributed by atoms with Gasteiger partial charge in [-0.15, -0.1) is 0 Å². The molecule has 28 heavy (non-hydrogen) atoms. The van der Waals surface area contributed by atoms with Gasteiger partial charge in [-0.25, -0.2) is 12.7 Å². The van der Waals surface area contributed by atoms with E-state index in [1.54, 1.807) is 6.07 Å². The van der Waals surface area contributed by atoms with Gasteiger partial charge in [0.05, 0.1) is 15.5 Å². The number of rotatable bonds is 5. The molecule has 0 fully saturated rings. The number of amides is 1. The van der Waals surface area contributed by atoms with Crippen molar-refractivity contribution in [2.24, 2.45) is 5.10 Å². The molecule has 0 bridgehead atoms. The van der Waals surface area contributed by atoms with Gasteiger partial charge in [0.2, 0.25) is 10.0 Å². The van der Waals surface area contributed by atoms with E-state index >= 15 is 0 Å². The summed E-state index contributed by atoms with van der Waals surface area (Å²) in [5.41, 5.74) is 3.24. The summed E-state index contributed by atoms with van der Waals surface area (Å²) in [6.45, 7) is 0. The van der Waals surface area contributed by atoms with Gasteiger partial charge >= 0.3 is 0 Å². The van der Waals surface area contributed by atoms with Crippen molar-refractivity contribution < 1.29 is 18.1 Å². The number of sulfonamides is 1. The molecule has 10 nitrogen and oxygen atoms in total. The Morgan fingerprint density at radius 1 is 1.18 bits per heavy atom. The van der Waals surface area contributed by atoms with Crippen LogP contribution in [0.15, 0.2) is 52.5 Å². The molecule has 0 saturated heterocycles. The first-order chi connectivity index (χ1) is 13.1. The zero-order valence-corrected chi connectivity index (χ0v) is 16.1. The molecule has 146 valence electrons. The summed E-state index contributed by atoms with van der Waals surface area (Å²) in [5.74, 6) is -0.458. The van der Waals surface area contributed by atoms with Crippen molar-refractivity contribution in [1.82, 2.24) is 4.31 Å². The fourth-order valence-corrected chi connectivity index (χ4v) is 3.63. The number of nitrogens with zero attached hydrogens (tertiary/aromatic N) is 4. The predicted molar refractivity (Wildman–Crippen MR) is 104 cm³/mol. The summed E-state index contributed by atoms with van der Waals surface area (Å²) >= 11 is 0. The summed E-state index contributed by atoms with van der Waals surface area (Å²) in [4.78, 5) is 24.5. The van der Waals surface area contributed by atoms with E-state index in [2.05, 4.69) is 10.5 Å². The highest BCUT2D eigenvalue weighted by Crippen LogP contribution is 2.31. The highest BCUT2D eigenvalue weighted by molar-refractivity contribution is 7.89. The smallest absolute Gasteiger partial charge is 0.294 e. The molecule has 11 heteroatoms. The van der Waals surface area contributed by atoms with E-state index in [9.17, 15) is 23.3 Å². The summed E-state index contributed by atoms with van der Waals surface area (Å²) in [6.07, 6.45) is 0. The highest BCUT2D eigenvalue weighted by atomic mass is 32.2. The van der Waals surface area contributed by atoms with Crippen molar-refractivity contribution in [3.05, 3.63) is 58.1 Å². The number of hydrogen-bond acceptors (Lipinski definition) is 7. The molecule has 0 aromatic heterocycles. The van der Waals surface area contributed by atoms with E-state index < -0.39 is 20.9 Å². The van der Waals surface area contributed by atoms with Crippen molar-refractivity contribution in [2.45, 2.75) is 4.90 Å². The maximum Gasteiger partial charge on any atom is 0.294 e. The van der Waals surface area contributed by atoms with Crippen LogP contribution in [0.5, 0.6) is 0 Å². The maximum atomic E-state index is 12.6. The van der Waals surface area contributed by atoms with Gasteiger partial charge in [-0.3, -0.25) is 20.3 Å². The number of hydrazone groups is 1. The van der Waals surface area contributed by atoms with Gasteiger partial charge in [0.1, 0.15) is 5.69 Å². The lowest BCUT2D eigenvalue weighted by atomic mass is 10.1. The molecule has 1 N–H and O–H groups in total. The molecule has 3 rings (SSSR count). The van der Waals surface area contributed by atoms with Gasteiger partial charge < -0.3 is 4.90 Å². The summed E-state index contributed by atoms with van der Waals surface area (Å²) in [6, 6.07) is 10.2. The number of hydrogen-bond donors (Lipinski definition) is 1. The van der Waals surface area contributed by atoms with Crippen LogP contribution < -0.4 is 10.3 Å². The van der Waals surface area contributed by atoms with Crippen molar-refractivity contribution in [1.29, 1.82) is 0 Å². The quantitative estimate of drug-likeness (QED) is 0.598.